The van der Waals surface area contributed by atoms with Gasteiger partial charge in [-0.2, -0.15) is 0 Å². The first-order valence-corrected chi connectivity index (χ1v) is 9.09. The number of hydrogen-bond donors (Lipinski definition) is 1. The minimum absolute atomic E-state index is 0.196. The van der Waals surface area contributed by atoms with Gasteiger partial charge in [0.25, 0.3) is 0 Å². The number of carbonyl (C=O) groups is 3. The van der Waals surface area contributed by atoms with E-state index < -0.39 is 6.04 Å². The zero-order valence-corrected chi connectivity index (χ0v) is 14.6. The van der Waals surface area contributed by atoms with E-state index in [1.54, 1.807) is 19.2 Å². The van der Waals surface area contributed by atoms with Crippen molar-refractivity contribution >= 4 is 34.3 Å². The number of aromatic nitrogens is 1. The fraction of sp³-hybridized carbons (Fsp3) is 0.400. The number of imide groups is 1. The molecule has 1 N–H and O–H groups in total. The summed E-state index contributed by atoms with van der Waals surface area (Å²) in [7, 11) is 0. The molecule has 134 valence electrons. The highest BCUT2D eigenvalue weighted by molar-refractivity contribution is 6.10. The average Bonchev–Trinajstić information content (AvgIpc) is 2.92. The minimum Gasteiger partial charge on any atom is -0.322 e. The average molecular weight is 351 g/mol. The third-order valence-electron chi connectivity index (χ3n) is 5.53. The molecule has 0 radical (unpaired) electrons. The van der Waals surface area contributed by atoms with Crippen LogP contribution in [-0.4, -0.2) is 33.6 Å². The van der Waals surface area contributed by atoms with Gasteiger partial charge in [0, 0.05) is 11.6 Å². The second-order valence-corrected chi connectivity index (χ2v) is 7.09. The van der Waals surface area contributed by atoms with Crippen LogP contribution in [0.15, 0.2) is 36.5 Å². The first kappa shape index (κ1) is 16.7. The normalized spacial score (nSPS) is 23.8. The number of nitrogens with one attached hydrogen (secondary N) is 1. The van der Waals surface area contributed by atoms with Gasteiger partial charge in [-0.3, -0.25) is 24.3 Å². The van der Waals surface area contributed by atoms with Crippen LogP contribution in [0.4, 0.5) is 5.69 Å². The van der Waals surface area contributed by atoms with E-state index in [0.29, 0.717) is 11.2 Å². The number of para-hydroxylation sites is 1. The summed E-state index contributed by atoms with van der Waals surface area (Å²) in [5.41, 5.74) is 1.26. The second-order valence-electron chi connectivity index (χ2n) is 7.09. The van der Waals surface area contributed by atoms with Crippen molar-refractivity contribution in [2.24, 2.45) is 11.8 Å². The molecule has 2 fully saturated rings. The maximum absolute atomic E-state index is 12.8. The highest BCUT2D eigenvalue weighted by atomic mass is 16.2. The number of nitrogens with zero attached hydrogens (tertiary/aromatic N) is 2. The molecular formula is C20H21N3O3. The Hall–Kier alpha value is -2.76. The molecule has 3 atom stereocenters. The van der Waals surface area contributed by atoms with Gasteiger partial charge in [-0.25, -0.2) is 0 Å². The molecule has 1 aromatic carbocycles. The second kappa shape index (κ2) is 6.52. The van der Waals surface area contributed by atoms with Crippen molar-refractivity contribution in [3.05, 3.63) is 36.5 Å². The van der Waals surface area contributed by atoms with Crippen LogP contribution in [0.5, 0.6) is 0 Å². The molecule has 2 heterocycles. The molecule has 1 saturated heterocycles. The summed E-state index contributed by atoms with van der Waals surface area (Å²) in [6, 6.07) is 8.44. The third-order valence-corrected chi connectivity index (χ3v) is 5.53. The van der Waals surface area contributed by atoms with Crippen molar-refractivity contribution in [3.8, 4) is 0 Å². The summed E-state index contributed by atoms with van der Waals surface area (Å²) < 4.78 is 0. The van der Waals surface area contributed by atoms with E-state index in [1.807, 2.05) is 24.3 Å². The lowest BCUT2D eigenvalue weighted by molar-refractivity contribution is -0.146. The van der Waals surface area contributed by atoms with E-state index in [2.05, 4.69) is 10.3 Å². The van der Waals surface area contributed by atoms with Gasteiger partial charge in [0.1, 0.15) is 6.04 Å². The Bertz CT molecular complexity index is 866. The molecule has 1 aliphatic heterocycles. The predicted octanol–water partition coefficient (Wildman–Crippen LogP) is 2.74. The maximum Gasteiger partial charge on any atom is 0.247 e. The van der Waals surface area contributed by atoms with Gasteiger partial charge in [0.05, 0.1) is 23.0 Å². The molecule has 6 heteroatoms. The first-order chi connectivity index (χ1) is 12.6. The van der Waals surface area contributed by atoms with Crippen molar-refractivity contribution in [1.82, 2.24) is 9.88 Å². The lowest BCUT2D eigenvalue weighted by Gasteiger charge is -2.22. The molecule has 1 aliphatic carbocycles. The van der Waals surface area contributed by atoms with Crippen LogP contribution < -0.4 is 5.32 Å². The van der Waals surface area contributed by atoms with E-state index in [0.717, 1.165) is 31.1 Å². The zero-order chi connectivity index (χ0) is 18.3. The summed E-state index contributed by atoms with van der Waals surface area (Å²) in [5, 5.41) is 3.75. The number of hydrogen-bond acceptors (Lipinski definition) is 4. The van der Waals surface area contributed by atoms with E-state index >= 15 is 0 Å². The predicted molar refractivity (Wildman–Crippen MR) is 97.1 cm³/mol. The highest BCUT2D eigenvalue weighted by Crippen LogP contribution is 2.39. The number of fused-ring (bicyclic) bond motifs is 2. The quantitative estimate of drug-likeness (QED) is 0.863. The van der Waals surface area contributed by atoms with E-state index in [4.69, 9.17) is 0 Å². The molecule has 2 aromatic rings. The molecule has 1 aromatic heterocycles. The summed E-state index contributed by atoms with van der Waals surface area (Å²) in [4.78, 5) is 43.6. The molecule has 2 aliphatic rings. The van der Waals surface area contributed by atoms with E-state index in [9.17, 15) is 14.4 Å². The van der Waals surface area contributed by atoms with Gasteiger partial charge in [0.15, 0.2) is 0 Å². The smallest absolute Gasteiger partial charge is 0.247 e. The molecular weight excluding hydrogens is 330 g/mol. The van der Waals surface area contributed by atoms with Gasteiger partial charge in [0.2, 0.25) is 17.7 Å². The summed E-state index contributed by atoms with van der Waals surface area (Å²) >= 11 is 0. The molecule has 3 amide bonds. The van der Waals surface area contributed by atoms with Crippen LogP contribution in [0, 0.1) is 11.8 Å². The fourth-order valence-corrected chi connectivity index (χ4v) is 4.13. The van der Waals surface area contributed by atoms with E-state index in [-0.39, 0.29) is 29.6 Å². The molecule has 1 saturated carbocycles. The molecule has 0 spiro atoms. The fourth-order valence-electron chi connectivity index (χ4n) is 4.13. The first-order valence-electron chi connectivity index (χ1n) is 9.09. The van der Waals surface area contributed by atoms with Crippen LogP contribution in [-0.2, 0) is 14.4 Å². The Balaban J connectivity index is 1.56. The maximum atomic E-state index is 12.8. The zero-order valence-electron chi connectivity index (χ0n) is 14.6. The van der Waals surface area contributed by atoms with E-state index in [1.165, 1.54) is 4.90 Å². The van der Waals surface area contributed by atoms with Gasteiger partial charge < -0.3 is 5.32 Å². The number of carbonyl (C=O) groups excluding carboxylic acids is 3. The topological polar surface area (TPSA) is 79.4 Å². The van der Waals surface area contributed by atoms with Crippen LogP contribution >= 0.6 is 0 Å². The molecule has 3 unspecified atom stereocenters. The number of anilines is 1. The molecule has 0 bridgehead atoms. The van der Waals surface area contributed by atoms with Crippen molar-refractivity contribution in [2.45, 2.75) is 38.6 Å². The number of benzene rings is 1. The molecule has 4 rings (SSSR count). The monoisotopic (exact) mass is 351 g/mol. The Labute approximate surface area is 151 Å². The van der Waals surface area contributed by atoms with Gasteiger partial charge >= 0.3 is 0 Å². The summed E-state index contributed by atoms with van der Waals surface area (Å²) in [5.74, 6) is -1.25. The number of amides is 3. The largest absolute Gasteiger partial charge is 0.322 e. The van der Waals surface area contributed by atoms with Crippen molar-refractivity contribution in [2.75, 3.05) is 5.32 Å². The lowest BCUT2D eigenvalue weighted by atomic mass is 9.81. The Morgan fingerprint density at radius 2 is 1.77 bits per heavy atom. The van der Waals surface area contributed by atoms with Crippen molar-refractivity contribution in [1.29, 1.82) is 0 Å². The molecule has 26 heavy (non-hydrogen) atoms. The summed E-state index contributed by atoms with van der Waals surface area (Å²) in [6.07, 6.45) is 5.09. The standard InChI is InChI=1S/C20H21N3O3/c1-12(23-19(25)14-8-2-3-9-15(14)20(23)26)18(24)22-16-10-4-6-13-7-5-11-21-17(13)16/h4-7,10-12,14-15H,2-3,8-9H2,1H3,(H,22,24). The minimum atomic E-state index is -0.834. The van der Waals surface area contributed by atoms with Gasteiger partial charge in [-0.05, 0) is 31.9 Å². The SMILES string of the molecule is CC(C(=O)Nc1cccc2cccnc12)N1C(=O)C2CCCCC2C1=O. The van der Waals surface area contributed by atoms with Crippen LogP contribution in [0.3, 0.4) is 0 Å². The van der Waals surface area contributed by atoms with Crippen LogP contribution in [0.1, 0.15) is 32.6 Å². The van der Waals surface area contributed by atoms with Crippen LogP contribution in [0.2, 0.25) is 0 Å². The van der Waals surface area contributed by atoms with Crippen molar-refractivity contribution < 1.29 is 14.4 Å². The Morgan fingerprint density at radius 3 is 2.46 bits per heavy atom. The van der Waals surface area contributed by atoms with Gasteiger partial charge in [-0.15, -0.1) is 0 Å². The number of rotatable bonds is 3. The summed E-state index contributed by atoms with van der Waals surface area (Å²) in [6.45, 7) is 1.61. The van der Waals surface area contributed by atoms with Crippen molar-refractivity contribution in [3.63, 3.8) is 0 Å². The van der Waals surface area contributed by atoms with Crippen LogP contribution in [0.25, 0.3) is 10.9 Å². The highest BCUT2D eigenvalue weighted by Gasteiger charge is 2.50. The lowest BCUT2D eigenvalue weighted by Crippen LogP contribution is -2.46. The third kappa shape index (κ3) is 2.66. The Morgan fingerprint density at radius 1 is 1.12 bits per heavy atom. The molecule has 6 nitrogen and oxygen atoms in total. The number of pyridine rings is 1. The number of likely N-dealkylation sites (tertiary alicyclic amines) is 1. The van der Waals surface area contributed by atoms with Gasteiger partial charge in [-0.1, -0.05) is 31.0 Å². The Kier molecular flexibility index (Phi) is 4.18.